The molecular weight excluding hydrogens is 364 g/mol. The van der Waals surface area contributed by atoms with Gasteiger partial charge in [0.15, 0.2) is 5.96 Å². The molecule has 1 saturated heterocycles. The number of hydrogen-bond acceptors (Lipinski definition) is 5. The van der Waals surface area contributed by atoms with Gasteiger partial charge in [0.05, 0.1) is 18.9 Å². The van der Waals surface area contributed by atoms with E-state index in [9.17, 15) is 8.42 Å². The van der Waals surface area contributed by atoms with Gasteiger partial charge in [-0.25, -0.2) is 8.42 Å². The Bertz CT molecular complexity index is 715. The Morgan fingerprint density at radius 2 is 1.96 bits per heavy atom. The zero-order valence-electron chi connectivity index (χ0n) is 16.6. The van der Waals surface area contributed by atoms with Crippen LogP contribution in [-0.2, 0) is 9.84 Å². The zero-order chi connectivity index (χ0) is 19.7. The van der Waals surface area contributed by atoms with Crippen LogP contribution in [0, 0.1) is 0 Å². The Labute approximate surface area is 163 Å². The van der Waals surface area contributed by atoms with Crippen molar-refractivity contribution < 1.29 is 13.2 Å². The number of guanidine groups is 1. The summed E-state index contributed by atoms with van der Waals surface area (Å²) in [4.78, 5) is 6.73. The van der Waals surface area contributed by atoms with Crippen LogP contribution in [-0.4, -0.2) is 71.6 Å². The van der Waals surface area contributed by atoms with E-state index in [0.29, 0.717) is 25.5 Å². The SMILES string of the molecule is CN=C(NCCCS(C)(=O)=O)NCC(c1ccccc1OC)N1CCCC1. The van der Waals surface area contributed by atoms with Crippen molar-refractivity contribution in [3.05, 3.63) is 29.8 Å². The van der Waals surface area contributed by atoms with Crippen molar-refractivity contribution >= 4 is 15.8 Å². The molecule has 7 nitrogen and oxygen atoms in total. The summed E-state index contributed by atoms with van der Waals surface area (Å²) in [5.74, 6) is 1.75. The summed E-state index contributed by atoms with van der Waals surface area (Å²) in [6, 6.07) is 8.33. The van der Waals surface area contributed by atoms with Crippen LogP contribution in [0.15, 0.2) is 29.3 Å². The van der Waals surface area contributed by atoms with Gasteiger partial charge in [-0.2, -0.15) is 0 Å². The second-order valence-corrected chi connectivity index (χ2v) is 9.12. The summed E-state index contributed by atoms with van der Waals surface area (Å²) in [6.45, 7) is 3.41. The van der Waals surface area contributed by atoms with Gasteiger partial charge in [-0.05, 0) is 38.4 Å². The van der Waals surface area contributed by atoms with E-state index < -0.39 is 9.84 Å². The fraction of sp³-hybridized carbons (Fsp3) is 0.632. The minimum atomic E-state index is -2.93. The number of aliphatic imine (C=N–C) groups is 1. The van der Waals surface area contributed by atoms with Gasteiger partial charge in [0.2, 0.25) is 0 Å². The molecule has 1 heterocycles. The van der Waals surface area contributed by atoms with Gasteiger partial charge in [-0.3, -0.25) is 9.89 Å². The van der Waals surface area contributed by atoms with Gasteiger partial charge in [0, 0.05) is 32.0 Å². The Morgan fingerprint density at radius 1 is 1.26 bits per heavy atom. The molecule has 1 aromatic rings. The number of nitrogens with zero attached hydrogens (tertiary/aromatic N) is 2. The van der Waals surface area contributed by atoms with Gasteiger partial charge >= 0.3 is 0 Å². The summed E-state index contributed by atoms with van der Waals surface area (Å²) >= 11 is 0. The molecular formula is C19H32N4O3S. The minimum absolute atomic E-state index is 0.175. The molecule has 1 aromatic carbocycles. The van der Waals surface area contributed by atoms with Crippen molar-refractivity contribution in [1.29, 1.82) is 0 Å². The molecule has 27 heavy (non-hydrogen) atoms. The standard InChI is InChI=1S/C19H32N4O3S/c1-20-19(21-11-8-14-27(3,24)25)22-15-17(23-12-6-7-13-23)16-9-4-5-10-18(16)26-2/h4-5,9-10,17H,6-8,11-15H2,1-3H3,(H2,20,21,22). The summed E-state index contributed by atoms with van der Waals surface area (Å²) in [5, 5.41) is 6.58. The summed E-state index contributed by atoms with van der Waals surface area (Å²) in [6.07, 6.45) is 4.24. The van der Waals surface area contributed by atoms with Crippen LogP contribution in [0.4, 0.5) is 0 Å². The number of sulfone groups is 1. The lowest BCUT2D eigenvalue weighted by Gasteiger charge is -2.30. The molecule has 0 bridgehead atoms. The first-order valence-corrected chi connectivity index (χ1v) is 11.5. The number of nitrogens with one attached hydrogen (secondary N) is 2. The number of benzene rings is 1. The highest BCUT2D eigenvalue weighted by Crippen LogP contribution is 2.31. The highest BCUT2D eigenvalue weighted by atomic mass is 32.2. The average Bonchev–Trinajstić information content (AvgIpc) is 3.17. The van der Waals surface area contributed by atoms with Crippen LogP contribution in [0.3, 0.4) is 0 Å². The van der Waals surface area contributed by atoms with Gasteiger partial charge in [0.1, 0.15) is 15.6 Å². The third-order valence-corrected chi connectivity index (χ3v) is 5.78. The number of rotatable bonds is 9. The fourth-order valence-electron chi connectivity index (χ4n) is 3.39. The van der Waals surface area contributed by atoms with E-state index in [1.165, 1.54) is 24.7 Å². The molecule has 2 rings (SSSR count). The topological polar surface area (TPSA) is 83.0 Å². The quantitative estimate of drug-likeness (QED) is 0.373. The second-order valence-electron chi connectivity index (χ2n) is 6.86. The van der Waals surface area contributed by atoms with Crippen molar-refractivity contribution in [2.45, 2.75) is 25.3 Å². The third-order valence-electron chi connectivity index (χ3n) is 4.75. The van der Waals surface area contributed by atoms with Gasteiger partial charge in [-0.15, -0.1) is 0 Å². The molecule has 0 saturated carbocycles. The molecule has 1 aliphatic rings. The van der Waals surface area contributed by atoms with Crippen LogP contribution >= 0.6 is 0 Å². The molecule has 1 unspecified atom stereocenters. The third kappa shape index (κ3) is 7.03. The average molecular weight is 397 g/mol. The van der Waals surface area contributed by atoms with Crippen LogP contribution in [0.2, 0.25) is 0 Å². The van der Waals surface area contributed by atoms with E-state index in [1.807, 2.05) is 18.2 Å². The Morgan fingerprint density at radius 3 is 2.59 bits per heavy atom. The van der Waals surface area contributed by atoms with E-state index in [2.05, 4.69) is 26.6 Å². The van der Waals surface area contributed by atoms with Crippen LogP contribution in [0.1, 0.15) is 30.9 Å². The van der Waals surface area contributed by atoms with Crippen LogP contribution in [0.25, 0.3) is 0 Å². The molecule has 1 aliphatic heterocycles. The van der Waals surface area contributed by atoms with E-state index in [4.69, 9.17) is 4.74 Å². The number of methoxy groups -OCH3 is 1. The summed E-state index contributed by atoms with van der Waals surface area (Å²) in [7, 11) is 0.496. The van der Waals surface area contributed by atoms with Crippen LogP contribution in [0.5, 0.6) is 5.75 Å². The fourth-order valence-corrected chi connectivity index (χ4v) is 4.05. The minimum Gasteiger partial charge on any atom is -0.496 e. The van der Waals surface area contributed by atoms with Crippen molar-refractivity contribution in [2.24, 2.45) is 4.99 Å². The molecule has 0 radical (unpaired) electrons. The van der Waals surface area contributed by atoms with Gasteiger partial charge in [0.25, 0.3) is 0 Å². The maximum Gasteiger partial charge on any atom is 0.191 e. The predicted molar refractivity (Wildman–Crippen MR) is 110 cm³/mol. The largest absolute Gasteiger partial charge is 0.496 e. The van der Waals surface area contributed by atoms with E-state index in [1.54, 1.807) is 14.2 Å². The van der Waals surface area contributed by atoms with Crippen molar-refractivity contribution in [1.82, 2.24) is 15.5 Å². The maximum absolute atomic E-state index is 11.2. The zero-order valence-corrected chi connectivity index (χ0v) is 17.4. The van der Waals surface area contributed by atoms with Gasteiger partial charge in [-0.1, -0.05) is 18.2 Å². The lowest BCUT2D eigenvalue weighted by Crippen LogP contribution is -2.43. The molecule has 0 amide bonds. The predicted octanol–water partition coefficient (Wildman–Crippen LogP) is 1.43. The highest BCUT2D eigenvalue weighted by Gasteiger charge is 2.25. The number of ether oxygens (including phenoxy) is 1. The molecule has 1 atom stereocenters. The Hall–Kier alpha value is -1.80. The lowest BCUT2D eigenvalue weighted by atomic mass is 10.0. The summed E-state index contributed by atoms with van der Waals surface area (Å²) in [5.41, 5.74) is 1.17. The Balaban J connectivity index is 1.98. The molecule has 0 spiro atoms. The molecule has 1 fully saturated rings. The molecule has 2 N–H and O–H groups in total. The van der Waals surface area contributed by atoms with Gasteiger partial charge < -0.3 is 15.4 Å². The van der Waals surface area contributed by atoms with E-state index in [-0.39, 0.29) is 11.8 Å². The van der Waals surface area contributed by atoms with Crippen LogP contribution < -0.4 is 15.4 Å². The van der Waals surface area contributed by atoms with Crippen molar-refractivity contribution in [3.63, 3.8) is 0 Å². The monoisotopic (exact) mass is 396 g/mol. The number of likely N-dealkylation sites (tertiary alicyclic amines) is 1. The molecule has 8 heteroatoms. The molecule has 152 valence electrons. The first-order valence-electron chi connectivity index (χ1n) is 9.44. The van der Waals surface area contributed by atoms with Crippen molar-refractivity contribution in [2.75, 3.05) is 52.3 Å². The molecule has 0 aliphatic carbocycles. The number of hydrogen-bond donors (Lipinski definition) is 2. The first kappa shape index (κ1) is 21.5. The van der Waals surface area contributed by atoms with E-state index in [0.717, 1.165) is 18.8 Å². The molecule has 0 aromatic heterocycles. The smallest absolute Gasteiger partial charge is 0.191 e. The second kappa shape index (κ2) is 10.5. The first-order chi connectivity index (χ1) is 12.9. The van der Waals surface area contributed by atoms with Crippen molar-refractivity contribution in [3.8, 4) is 5.75 Å². The highest BCUT2D eigenvalue weighted by molar-refractivity contribution is 7.90. The number of para-hydroxylation sites is 1. The Kier molecular flexibility index (Phi) is 8.37. The van der Waals surface area contributed by atoms with E-state index >= 15 is 0 Å². The lowest BCUT2D eigenvalue weighted by molar-refractivity contribution is 0.239. The maximum atomic E-state index is 11.2. The normalized spacial score (nSPS) is 16.9. The summed E-state index contributed by atoms with van der Waals surface area (Å²) < 4.78 is 28.0.